The summed E-state index contributed by atoms with van der Waals surface area (Å²) in [6, 6.07) is 6.57. The Kier molecular flexibility index (Phi) is 4.76. The van der Waals surface area contributed by atoms with E-state index < -0.39 is 0 Å². The van der Waals surface area contributed by atoms with Crippen molar-refractivity contribution in [3.05, 3.63) is 34.9 Å². The van der Waals surface area contributed by atoms with E-state index in [1.807, 2.05) is 0 Å². The molecule has 0 heterocycles. The Hall–Kier alpha value is -0.780. The fourth-order valence-corrected chi connectivity index (χ4v) is 1.47. The van der Waals surface area contributed by atoms with Crippen LogP contribution in [-0.4, -0.2) is 0 Å². The van der Waals surface area contributed by atoms with E-state index in [0.717, 1.165) is 5.92 Å². The van der Waals surface area contributed by atoms with E-state index in [-0.39, 0.29) is 7.43 Å². The van der Waals surface area contributed by atoms with Crippen molar-refractivity contribution in [3.63, 3.8) is 0 Å². The summed E-state index contributed by atoms with van der Waals surface area (Å²) in [5.41, 5.74) is 4.38. The van der Waals surface area contributed by atoms with Gasteiger partial charge in [-0.2, -0.15) is 0 Å². The molecule has 1 aromatic rings. The molecule has 0 radical (unpaired) electrons. The van der Waals surface area contributed by atoms with E-state index in [1.54, 1.807) is 0 Å². The fraction of sp³-hybridized carbons (Fsp3) is 0.538. The molecule has 74 valence electrons. The van der Waals surface area contributed by atoms with Gasteiger partial charge in [-0.3, -0.25) is 0 Å². The van der Waals surface area contributed by atoms with Crippen molar-refractivity contribution in [2.45, 2.75) is 41.5 Å². The minimum atomic E-state index is 0. The van der Waals surface area contributed by atoms with Crippen molar-refractivity contribution in [1.82, 2.24) is 0 Å². The third-order valence-corrected chi connectivity index (χ3v) is 2.34. The van der Waals surface area contributed by atoms with Crippen LogP contribution in [0.2, 0.25) is 0 Å². The lowest BCUT2D eigenvalue weighted by atomic mass is 9.96. The Bertz CT molecular complexity index is 259. The molecule has 0 saturated carbocycles. The lowest BCUT2D eigenvalue weighted by molar-refractivity contribution is 0.644. The zero-order chi connectivity index (χ0) is 9.14. The molecule has 0 aliphatic carbocycles. The first-order valence-electron chi connectivity index (χ1n) is 4.66. The molecule has 0 fully saturated rings. The smallest absolute Gasteiger partial charge is 0.0253 e. The third-order valence-electron chi connectivity index (χ3n) is 2.34. The topological polar surface area (TPSA) is 0 Å². The number of hydrogen-bond acceptors (Lipinski definition) is 0. The molecule has 0 saturated heterocycles. The van der Waals surface area contributed by atoms with Crippen molar-refractivity contribution in [3.8, 4) is 0 Å². The molecule has 0 N–H and O–H groups in total. The molecule has 0 aromatic heterocycles. The average Bonchev–Trinajstić information content (AvgIpc) is 1.98. The van der Waals surface area contributed by atoms with Crippen molar-refractivity contribution in [2.24, 2.45) is 5.92 Å². The summed E-state index contributed by atoms with van der Waals surface area (Å²) in [4.78, 5) is 0. The largest absolute Gasteiger partial charge is 0.0776 e. The number of rotatable bonds is 2. The van der Waals surface area contributed by atoms with Gasteiger partial charge >= 0.3 is 0 Å². The maximum absolute atomic E-state index is 2.27. The van der Waals surface area contributed by atoms with Crippen LogP contribution in [-0.2, 0) is 6.42 Å². The molecule has 0 aliphatic heterocycles. The highest BCUT2D eigenvalue weighted by atomic mass is 14.1. The number of benzene rings is 1. The van der Waals surface area contributed by atoms with Crippen LogP contribution in [0, 0.1) is 19.8 Å². The average molecular weight is 178 g/mol. The molecule has 0 nitrogen and oxygen atoms in total. The Morgan fingerprint density at radius 3 is 2.31 bits per heavy atom. The van der Waals surface area contributed by atoms with Gasteiger partial charge in [0, 0.05) is 0 Å². The van der Waals surface area contributed by atoms with Gasteiger partial charge in [0.05, 0.1) is 0 Å². The lowest BCUT2D eigenvalue weighted by Gasteiger charge is -2.10. The van der Waals surface area contributed by atoms with E-state index in [4.69, 9.17) is 0 Å². The highest BCUT2D eigenvalue weighted by Crippen LogP contribution is 2.16. The van der Waals surface area contributed by atoms with Gasteiger partial charge in [0.1, 0.15) is 0 Å². The standard InChI is InChI=1S/C12H18.CH4/c1-9(2)8-12-7-5-6-10(3)11(12)4;/h5-7,9H,8H2,1-4H3;1H4. The molecule has 1 aromatic carbocycles. The Balaban J connectivity index is 0.00000144. The quantitative estimate of drug-likeness (QED) is 0.638. The summed E-state index contributed by atoms with van der Waals surface area (Å²) in [6.45, 7) is 8.93. The predicted molar refractivity (Wildman–Crippen MR) is 61.2 cm³/mol. The van der Waals surface area contributed by atoms with E-state index >= 15 is 0 Å². The summed E-state index contributed by atoms with van der Waals surface area (Å²) in [7, 11) is 0. The fourth-order valence-electron chi connectivity index (χ4n) is 1.47. The van der Waals surface area contributed by atoms with Gasteiger partial charge in [-0.25, -0.2) is 0 Å². The van der Waals surface area contributed by atoms with Crippen LogP contribution >= 0.6 is 0 Å². The molecule has 0 spiro atoms. The molecule has 13 heavy (non-hydrogen) atoms. The van der Waals surface area contributed by atoms with Crippen LogP contribution in [0.25, 0.3) is 0 Å². The van der Waals surface area contributed by atoms with E-state index in [1.165, 1.54) is 23.1 Å². The van der Waals surface area contributed by atoms with Gasteiger partial charge in [0.2, 0.25) is 0 Å². The van der Waals surface area contributed by atoms with Crippen molar-refractivity contribution < 1.29 is 0 Å². The number of aryl methyl sites for hydroxylation is 1. The molecule has 0 unspecified atom stereocenters. The summed E-state index contributed by atoms with van der Waals surface area (Å²) in [5, 5.41) is 0. The monoisotopic (exact) mass is 178 g/mol. The van der Waals surface area contributed by atoms with Gasteiger partial charge in [0.25, 0.3) is 0 Å². The second kappa shape index (κ2) is 5.06. The maximum Gasteiger partial charge on any atom is -0.0253 e. The molecule has 0 amide bonds. The summed E-state index contributed by atoms with van der Waals surface area (Å²) in [6.07, 6.45) is 1.20. The SMILES string of the molecule is C.Cc1cccc(CC(C)C)c1C. The van der Waals surface area contributed by atoms with Crippen LogP contribution in [0.4, 0.5) is 0 Å². The van der Waals surface area contributed by atoms with Crippen LogP contribution < -0.4 is 0 Å². The molecule has 0 bridgehead atoms. The minimum absolute atomic E-state index is 0. The summed E-state index contributed by atoms with van der Waals surface area (Å²) < 4.78 is 0. The van der Waals surface area contributed by atoms with Gasteiger partial charge < -0.3 is 0 Å². The summed E-state index contributed by atoms with van der Waals surface area (Å²) in [5.74, 6) is 0.755. The Labute approximate surface area is 83.0 Å². The van der Waals surface area contributed by atoms with Crippen molar-refractivity contribution in [1.29, 1.82) is 0 Å². The zero-order valence-electron chi connectivity index (χ0n) is 8.52. The van der Waals surface area contributed by atoms with Crippen LogP contribution in [0.15, 0.2) is 18.2 Å². The van der Waals surface area contributed by atoms with Gasteiger partial charge in [-0.15, -0.1) is 0 Å². The van der Waals surface area contributed by atoms with Crippen LogP contribution in [0.1, 0.15) is 38.0 Å². The van der Waals surface area contributed by atoms with Gasteiger partial charge in [-0.1, -0.05) is 39.5 Å². The second-order valence-corrected chi connectivity index (χ2v) is 3.96. The molecule has 1 rings (SSSR count). The zero-order valence-corrected chi connectivity index (χ0v) is 8.52. The molecular formula is C13H22. The van der Waals surface area contributed by atoms with Gasteiger partial charge in [-0.05, 0) is 42.9 Å². The first-order chi connectivity index (χ1) is 5.61. The predicted octanol–water partition coefficient (Wildman–Crippen LogP) is 4.14. The van der Waals surface area contributed by atoms with Crippen molar-refractivity contribution >= 4 is 0 Å². The normalized spacial score (nSPS) is 9.92. The van der Waals surface area contributed by atoms with Crippen LogP contribution in [0.5, 0.6) is 0 Å². The molecular weight excluding hydrogens is 156 g/mol. The Morgan fingerprint density at radius 1 is 1.15 bits per heavy atom. The highest BCUT2D eigenvalue weighted by molar-refractivity contribution is 5.33. The van der Waals surface area contributed by atoms with E-state index in [0.29, 0.717) is 0 Å². The minimum Gasteiger partial charge on any atom is -0.0776 e. The number of hydrogen-bond donors (Lipinski definition) is 0. The second-order valence-electron chi connectivity index (χ2n) is 3.96. The first-order valence-corrected chi connectivity index (χ1v) is 4.66. The van der Waals surface area contributed by atoms with E-state index in [2.05, 4.69) is 45.9 Å². The van der Waals surface area contributed by atoms with Crippen molar-refractivity contribution in [2.75, 3.05) is 0 Å². The molecule has 0 heteroatoms. The third kappa shape index (κ3) is 3.22. The molecule has 0 atom stereocenters. The molecule has 0 aliphatic rings. The summed E-state index contributed by atoms with van der Waals surface area (Å²) >= 11 is 0. The van der Waals surface area contributed by atoms with Crippen LogP contribution in [0.3, 0.4) is 0 Å². The van der Waals surface area contributed by atoms with E-state index in [9.17, 15) is 0 Å². The van der Waals surface area contributed by atoms with Gasteiger partial charge in [0.15, 0.2) is 0 Å². The Morgan fingerprint density at radius 2 is 1.77 bits per heavy atom. The first kappa shape index (κ1) is 12.2. The maximum atomic E-state index is 2.27. The highest BCUT2D eigenvalue weighted by Gasteiger charge is 2.02. The lowest BCUT2D eigenvalue weighted by Crippen LogP contribution is -1.97.